The second kappa shape index (κ2) is 11.7. The van der Waals surface area contributed by atoms with Gasteiger partial charge in [0.05, 0.1) is 43.8 Å². The number of nitrogens with one attached hydrogen (secondary N) is 1. The SMILES string of the molecule is CCn1ncc2c1CN(C(=O)c1cc3c(-c4ccccc4OC)cc(C4=CCCN(C(=O)CCn5ccnn5)C4)c(F)c3[nH]1)C2. The minimum Gasteiger partial charge on any atom is -0.496 e. The van der Waals surface area contributed by atoms with Gasteiger partial charge >= 0.3 is 0 Å². The molecule has 0 unspecified atom stereocenters. The van der Waals surface area contributed by atoms with Gasteiger partial charge in [0.1, 0.15) is 11.4 Å². The van der Waals surface area contributed by atoms with E-state index < -0.39 is 5.82 Å². The molecule has 1 N–H and O–H groups in total. The first-order valence-corrected chi connectivity index (χ1v) is 15.1. The van der Waals surface area contributed by atoms with Crippen LogP contribution in [0.3, 0.4) is 0 Å². The number of carbonyl (C=O) groups excluding carboxylic acids is 2. The number of fused-ring (bicyclic) bond motifs is 2. The van der Waals surface area contributed by atoms with Crippen molar-refractivity contribution in [3.8, 4) is 16.9 Å². The molecule has 2 aromatic carbocycles. The van der Waals surface area contributed by atoms with Gasteiger partial charge in [-0.25, -0.2) is 4.39 Å². The lowest BCUT2D eigenvalue weighted by Gasteiger charge is -2.28. The molecule has 0 radical (unpaired) electrons. The largest absolute Gasteiger partial charge is 0.496 e. The smallest absolute Gasteiger partial charge is 0.270 e. The molecule has 7 rings (SSSR count). The Morgan fingerprint density at radius 2 is 1.93 bits per heavy atom. The molecule has 0 fully saturated rings. The fourth-order valence-electron chi connectivity index (χ4n) is 6.36. The van der Waals surface area contributed by atoms with Crippen LogP contribution in [0.5, 0.6) is 5.75 Å². The average Bonchev–Trinajstić information content (AvgIpc) is 3.88. The topological polar surface area (TPSA) is 114 Å². The monoisotopic (exact) mass is 608 g/mol. The average molecular weight is 609 g/mol. The Morgan fingerprint density at radius 3 is 2.73 bits per heavy atom. The third-order valence-electron chi connectivity index (χ3n) is 8.68. The Morgan fingerprint density at radius 1 is 1.07 bits per heavy atom. The van der Waals surface area contributed by atoms with Crippen molar-refractivity contribution in [3.05, 3.63) is 89.4 Å². The number of hydrogen-bond acceptors (Lipinski definition) is 6. The first-order chi connectivity index (χ1) is 21.9. The van der Waals surface area contributed by atoms with Crippen LogP contribution in [0.2, 0.25) is 0 Å². The van der Waals surface area contributed by atoms with Gasteiger partial charge in [0, 0.05) is 60.9 Å². The molecule has 11 nitrogen and oxygen atoms in total. The molecular weight excluding hydrogens is 575 g/mol. The van der Waals surface area contributed by atoms with E-state index in [0.717, 1.165) is 28.9 Å². The Kier molecular flexibility index (Phi) is 7.40. The summed E-state index contributed by atoms with van der Waals surface area (Å²) in [6, 6.07) is 11.1. The van der Waals surface area contributed by atoms with Crippen LogP contribution in [0.4, 0.5) is 4.39 Å². The van der Waals surface area contributed by atoms with E-state index in [1.807, 2.05) is 54.2 Å². The lowest BCUT2D eigenvalue weighted by atomic mass is 9.93. The maximum atomic E-state index is 16.6. The second-order valence-electron chi connectivity index (χ2n) is 11.3. The lowest BCUT2D eigenvalue weighted by Crippen LogP contribution is -2.36. The Labute approximate surface area is 258 Å². The number of halogens is 1. The molecule has 5 heterocycles. The lowest BCUT2D eigenvalue weighted by molar-refractivity contribution is -0.131. The van der Waals surface area contributed by atoms with Crippen LogP contribution in [0.1, 0.15) is 47.1 Å². The zero-order valence-electron chi connectivity index (χ0n) is 25.2. The molecule has 0 saturated carbocycles. The van der Waals surface area contributed by atoms with Crippen LogP contribution in [0, 0.1) is 5.82 Å². The number of para-hydroxylation sites is 1. The first kappa shape index (κ1) is 28.5. The number of amides is 2. The van der Waals surface area contributed by atoms with Gasteiger partial charge in [0.25, 0.3) is 5.91 Å². The molecule has 2 aliphatic rings. The van der Waals surface area contributed by atoms with E-state index in [0.29, 0.717) is 60.6 Å². The maximum Gasteiger partial charge on any atom is 0.270 e. The molecule has 45 heavy (non-hydrogen) atoms. The zero-order valence-corrected chi connectivity index (χ0v) is 25.2. The third kappa shape index (κ3) is 5.15. The molecule has 0 aliphatic carbocycles. The number of carbonyl (C=O) groups is 2. The van der Waals surface area contributed by atoms with Crippen molar-refractivity contribution >= 4 is 28.3 Å². The van der Waals surface area contributed by atoms with Crippen molar-refractivity contribution in [2.75, 3.05) is 20.2 Å². The highest BCUT2D eigenvalue weighted by atomic mass is 19.1. The summed E-state index contributed by atoms with van der Waals surface area (Å²) in [6.07, 6.45) is 7.96. The van der Waals surface area contributed by atoms with Gasteiger partial charge in [-0.3, -0.25) is 19.0 Å². The summed E-state index contributed by atoms with van der Waals surface area (Å²) in [7, 11) is 1.60. The number of methoxy groups -OCH3 is 1. The number of benzene rings is 2. The minimum atomic E-state index is -0.461. The van der Waals surface area contributed by atoms with E-state index in [2.05, 4.69) is 20.4 Å². The van der Waals surface area contributed by atoms with Crippen molar-refractivity contribution in [1.29, 1.82) is 0 Å². The van der Waals surface area contributed by atoms with E-state index in [4.69, 9.17) is 4.74 Å². The van der Waals surface area contributed by atoms with Gasteiger partial charge in [-0.15, -0.1) is 5.10 Å². The zero-order chi connectivity index (χ0) is 31.1. The predicted molar refractivity (Wildman–Crippen MR) is 166 cm³/mol. The van der Waals surface area contributed by atoms with E-state index in [-0.39, 0.29) is 30.3 Å². The summed E-state index contributed by atoms with van der Waals surface area (Å²) >= 11 is 0. The molecule has 2 amide bonds. The summed E-state index contributed by atoms with van der Waals surface area (Å²) in [5.41, 5.74) is 5.20. The molecule has 0 saturated heterocycles. The fourth-order valence-corrected chi connectivity index (χ4v) is 6.36. The van der Waals surface area contributed by atoms with E-state index in [1.54, 1.807) is 40.1 Å². The number of hydrogen-bond donors (Lipinski definition) is 1. The standard InChI is InChI=1S/C33H33FN8O3/c1-3-42-28-20-40(19-22(28)17-36-42)33(44)27-16-26-25(23-8-4-5-9-29(23)45-2)15-24(31(34)32(26)37-27)21-7-6-12-39(18-21)30(43)10-13-41-14-11-35-38-41/h4-5,7-9,11,14-17,37H,3,6,10,12-13,18-20H2,1-2H3. The molecular formula is C33H33FN8O3. The number of rotatable bonds is 8. The van der Waals surface area contributed by atoms with Gasteiger partial charge in [-0.05, 0) is 42.7 Å². The van der Waals surface area contributed by atoms with Gasteiger partial charge in [-0.1, -0.05) is 29.5 Å². The van der Waals surface area contributed by atoms with Crippen LogP contribution < -0.4 is 4.74 Å². The minimum absolute atomic E-state index is 0.0342. The molecule has 0 bridgehead atoms. The molecule has 5 aromatic rings. The summed E-state index contributed by atoms with van der Waals surface area (Å²) in [5.74, 6) is -0.0737. The number of nitrogens with zero attached hydrogens (tertiary/aromatic N) is 7. The Hall–Kier alpha value is -5.26. The highest BCUT2D eigenvalue weighted by molar-refractivity contribution is 6.05. The molecule has 2 aliphatic heterocycles. The second-order valence-corrected chi connectivity index (χ2v) is 11.3. The van der Waals surface area contributed by atoms with Crippen LogP contribution >= 0.6 is 0 Å². The molecule has 0 spiro atoms. The van der Waals surface area contributed by atoms with Crippen molar-refractivity contribution in [2.45, 2.75) is 45.9 Å². The molecule has 3 aromatic heterocycles. The summed E-state index contributed by atoms with van der Waals surface area (Å²) < 4.78 is 25.8. The third-order valence-corrected chi connectivity index (χ3v) is 8.68. The van der Waals surface area contributed by atoms with Gasteiger partial charge < -0.3 is 19.5 Å². The van der Waals surface area contributed by atoms with Crippen molar-refractivity contribution in [1.82, 2.24) is 39.6 Å². The van der Waals surface area contributed by atoms with Crippen LogP contribution in [0.15, 0.2) is 61.1 Å². The van der Waals surface area contributed by atoms with Crippen molar-refractivity contribution in [2.24, 2.45) is 0 Å². The molecule has 12 heteroatoms. The highest BCUT2D eigenvalue weighted by Crippen LogP contribution is 2.40. The summed E-state index contributed by atoms with van der Waals surface area (Å²) in [6.45, 7) is 4.88. The number of aromatic nitrogens is 6. The number of H-pyrrole nitrogens is 1. The van der Waals surface area contributed by atoms with Gasteiger partial charge in [-0.2, -0.15) is 5.10 Å². The Bertz CT molecular complexity index is 1940. The number of aromatic amines is 1. The highest BCUT2D eigenvalue weighted by Gasteiger charge is 2.30. The normalized spacial score (nSPS) is 14.6. The molecule has 0 atom stereocenters. The maximum absolute atomic E-state index is 16.6. The first-order valence-electron chi connectivity index (χ1n) is 15.1. The summed E-state index contributed by atoms with van der Waals surface area (Å²) in [4.78, 5) is 33.5. The van der Waals surface area contributed by atoms with Crippen LogP contribution in [-0.4, -0.2) is 71.6 Å². The van der Waals surface area contributed by atoms with Gasteiger partial charge in [0.2, 0.25) is 5.91 Å². The molecule has 230 valence electrons. The van der Waals surface area contributed by atoms with Crippen LogP contribution in [-0.2, 0) is 31.0 Å². The van der Waals surface area contributed by atoms with Gasteiger partial charge in [0.15, 0.2) is 5.82 Å². The van der Waals surface area contributed by atoms with Crippen LogP contribution in [0.25, 0.3) is 27.6 Å². The number of aryl methyl sites for hydroxylation is 2. The van der Waals surface area contributed by atoms with Crippen molar-refractivity contribution in [3.63, 3.8) is 0 Å². The Balaban J connectivity index is 1.25. The van der Waals surface area contributed by atoms with E-state index in [1.165, 1.54) is 0 Å². The number of ether oxygens (including phenoxy) is 1. The summed E-state index contributed by atoms with van der Waals surface area (Å²) in [5, 5.41) is 12.7. The fraction of sp³-hybridized carbons (Fsp3) is 0.303. The van der Waals surface area contributed by atoms with E-state index >= 15 is 4.39 Å². The van der Waals surface area contributed by atoms with Crippen molar-refractivity contribution < 1.29 is 18.7 Å². The quantitative estimate of drug-likeness (QED) is 0.274. The van der Waals surface area contributed by atoms with E-state index in [9.17, 15) is 9.59 Å². The predicted octanol–water partition coefficient (Wildman–Crippen LogP) is 4.65.